The summed E-state index contributed by atoms with van der Waals surface area (Å²) in [6, 6.07) is 1.70. The largest absolute Gasteiger partial charge is 0.481 e. The minimum absolute atomic E-state index is 0.539. The van der Waals surface area contributed by atoms with Crippen LogP contribution in [0.2, 0.25) is 0 Å². The average Bonchev–Trinajstić information content (AvgIpc) is 2.82. The van der Waals surface area contributed by atoms with E-state index in [0.717, 1.165) is 12.2 Å². The Kier molecular flexibility index (Phi) is 3.27. The Bertz CT molecular complexity index is 429. The van der Waals surface area contributed by atoms with Crippen molar-refractivity contribution in [1.29, 1.82) is 0 Å². The zero-order chi connectivity index (χ0) is 11.2. The number of methoxy groups -OCH3 is 1. The summed E-state index contributed by atoms with van der Waals surface area (Å²) in [5.74, 6) is 1.91. The molecule has 2 aromatic rings. The second-order valence-electron chi connectivity index (χ2n) is 3.03. The van der Waals surface area contributed by atoms with Gasteiger partial charge >= 0.3 is 0 Å². The van der Waals surface area contributed by atoms with E-state index in [0.29, 0.717) is 18.4 Å². The van der Waals surface area contributed by atoms with Gasteiger partial charge in [0.2, 0.25) is 11.8 Å². The number of aromatic nitrogens is 5. The number of hydrogen-bond acceptors (Lipinski definition) is 6. The summed E-state index contributed by atoms with van der Waals surface area (Å²) in [7, 11) is 1.57. The van der Waals surface area contributed by atoms with E-state index in [1.54, 1.807) is 19.4 Å². The molecule has 0 amide bonds. The van der Waals surface area contributed by atoms with Crippen LogP contribution < -0.4 is 10.1 Å². The fraction of sp³-hybridized carbons (Fsp3) is 0.333. The van der Waals surface area contributed by atoms with E-state index in [-0.39, 0.29) is 0 Å². The first kappa shape index (κ1) is 10.3. The van der Waals surface area contributed by atoms with Crippen LogP contribution in [0.15, 0.2) is 18.6 Å². The molecule has 0 aromatic carbocycles. The Morgan fingerprint density at radius 3 is 3.12 bits per heavy atom. The first-order valence-corrected chi connectivity index (χ1v) is 4.83. The lowest BCUT2D eigenvalue weighted by Gasteiger charge is -2.04. The van der Waals surface area contributed by atoms with Gasteiger partial charge in [-0.05, 0) is 0 Å². The van der Waals surface area contributed by atoms with Crippen LogP contribution in [-0.2, 0) is 6.42 Å². The molecular formula is C9H12N6O. The number of anilines is 1. The molecule has 0 atom stereocenters. The molecule has 0 aliphatic rings. The average molecular weight is 220 g/mol. The number of aromatic amines is 1. The van der Waals surface area contributed by atoms with E-state index < -0.39 is 0 Å². The third-order valence-electron chi connectivity index (χ3n) is 1.95. The zero-order valence-corrected chi connectivity index (χ0v) is 8.84. The molecule has 2 aromatic heterocycles. The van der Waals surface area contributed by atoms with Gasteiger partial charge in [-0.25, -0.2) is 9.97 Å². The smallest absolute Gasteiger partial charge is 0.225 e. The van der Waals surface area contributed by atoms with E-state index in [4.69, 9.17) is 4.74 Å². The quantitative estimate of drug-likeness (QED) is 0.751. The normalized spacial score (nSPS) is 10.1. The maximum atomic E-state index is 4.99. The lowest BCUT2D eigenvalue weighted by molar-refractivity contribution is 0.397. The molecule has 16 heavy (non-hydrogen) atoms. The van der Waals surface area contributed by atoms with Crippen LogP contribution in [0, 0.1) is 0 Å². The van der Waals surface area contributed by atoms with E-state index in [1.165, 1.54) is 6.33 Å². The highest BCUT2D eigenvalue weighted by molar-refractivity contribution is 5.27. The highest BCUT2D eigenvalue weighted by atomic mass is 16.5. The fourth-order valence-corrected chi connectivity index (χ4v) is 1.18. The molecule has 0 spiro atoms. The van der Waals surface area contributed by atoms with Crippen LogP contribution in [0.25, 0.3) is 0 Å². The summed E-state index contributed by atoms with van der Waals surface area (Å²) in [6.07, 6.45) is 3.86. The number of rotatable bonds is 5. The molecule has 0 saturated heterocycles. The van der Waals surface area contributed by atoms with Gasteiger partial charge < -0.3 is 10.1 Å². The van der Waals surface area contributed by atoms with Gasteiger partial charge in [0.15, 0.2) is 0 Å². The van der Waals surface area contributed by atoms with E-state index in [9.17, 15) is 0 Å². The minimum atomic E-state index is 0.539. The Morgan fingerprint density at radius 1 is 1.44 bits per heavy atom. The van der Waals surface area contributed by atoms with Crippen LogP contribution in [-0.4, -0.2) is 38.8 Å². The summed E-state index contributed by atoms with van der Waals surface area (Å²) in [4.78, 5) is 12.2. The SMILES string of the molecule is COc1ccnc(NCCc2ncn[nH]2)n1. The highest BCUT2D eigenvalue weighted by Gasteiger charge is 1.99. The summed E-state index contributed by atoms with van der Waals surface area (Å²) in [6.45, 7) is 0.683. The monoisotopic (exact) mass is 220 g/mol. The molecule has 7 heteroatoms. The van der Waals surface area contributed by atoms with Gasteiger partial charge in [0.25, 0.3) is 0 Å². The van der Waals surface area contributed by atoms with Crippen molar-refractivity contribution in [2.24, 2.45) is 0 Å². The molecule has 0 saturated carbocycles. The first-order chi connectivity index (χ1) is 7.88. The molecule has 0 bridgehead atoms. The Balaban J connectivity index is 1.85. The number of nitrogens with zero attached hydrogens (tertiary/aromatic N) is 4. The van der Waals surface area contributed by atoms with Gasteiger partial charge in [-0.1, -0.05) is 0 Å². The number of hydrogen-bond donors (Lipinski definition) is 2. The van der Waals surface area contributed by atoms with Crippen molar-refractivity contribution in [2.75, 3.05) is 19.0 Å². The predicted molar refractivity (Wildman–Crippen MR) is 57.2 cm³/mol. The topological polar surface area (TPSA) is 88.6 Å². The summed E-state index contributed by atoms with van der Waals surface area (Å²) >= 11 is 0. The highest BCUT2D eigenvalue weighted by Crippen LogP contribution is 2.06. The van der Waals surface area contributed by atoms with Gasteiger partial charge in [-0.3, -0.25) is 5.10 Å². The fourth-order valence-electron chi connectivity index (χ4n) is 1.18. The maximum absolute atomic E-state index is 4.99. The maximum Gasteiger partial charge on any atom is 0.225 e. The molecule has 2 N–H and O–H groups in total. The molecular weight excluding hydrogens is 208 g/mol. The van der Waals surface area contributed by atoms with Gasteiger partial charge in [0.05, 0.1) is 7.11 Å². The first-order valence-electron chi connectivity index (χ1n) is 4.83. The van der Waals surface area contributed by atoms with Crippen molar-refractivity contribution in [2.45, 2.75) is 6.42 Å². The Hall–Kier alpha value is -2.18. The number of ether oxygens (including phenoxy) is 1. The Labute approximate surface area is 92.3 Å². The summed E-state index contributed by atoms with van der Waals surface area (Å²) in [5.41, 5.74) is 0. The van der Waals surface area contributed by atoms with Crippen molar-refractivity contribution < 1.29 is 4.74 Å². The molecule has 0 unspecified atom stereocenters. The Morgan fingerprint density at radius 2 is 2.38 bits per heavy atom. The molecule has 7 nitrogen and oxygen atoms in total. The molecule has 0 aliphatic heterocycles. The van der Waals surface area contributed by atoms with Crippen LogP contribution in [0.5, 0.6) is 5.88 Å². The molecule has 0 fully saturated rings. The van der Waals surface area contributed by atoms with Gasteiger partial charge in [-0.15, -0.1) is 0 Å². The third kappa shape index (κ3) is 2.66. The van der Waals surface area contributed by atoms with Crippen LogP contribution in [0.1, 0.15) is 5.82 Å². The molecule has 0 aliphatic carbocycles. The van der Waals surface area contributed by atoms with Gasteiger partial charge in [0.1, 0.15) is 12.2 Å². The van der Waals surface area contributed by atoms with E-state index in [1.807, 2.05) is 0 Å². The summed E-state index contributed by atoms with van der Waals surface area (Å²) in [5, 5.41) is 9.61. The number of nitrogens with one attached hydrogen (secondary N) is 2. The van der Waals surface area contributed by atoms with E-state index >= 15 is 0 Å². The van der Waals surface area contributed by atoms with Crippen LogP contribution in [0.4, 0.5) is 5.95 Å². The second-order valence-corrected chi connectivity index (χ2v) is 3.03. The van der Waals surface area contributed by atoms with Crippen LogP contribution >= 0.6 is 0 Å². The van der Waals surface area contributed by atoms with Crippen molar-refractivity contribution in [3.63, 3.8) is 0 Å². The number of H-pyrrole nitrogens is 1. The standard InChI is InChI=1S/C9H12N6O/c1-16-8-3-5-11-9(14-8)10-4-2-7-12-6-13-15-7/h3,5-6H,2,4H2,1H3,(H,10,11,14)(H,12,13,15). The van der Waals surface area contributed by atoms with Crippen LogP contribution in [0.3, 0.4) is 0 Å². The second kappa shape index (κ2) is 5.06. The molecule has 2 heterocycles. The lowest BCUT2D eigenvalue weighted by atomic mass is 10.4. The van der Waals surface area contributed by atoms with Crippen molar-refractivity contribution in [1.82, 2.24) is 25.1 Å². The van der Waals surface area contributed by atoms with Crippen molar-refractivity contribution >= 4 is 5.95 Å². The lowest BCUT2D eigenvalue weighted by Crippen LogP contribution is -2.09. The van der Waals surface area contributed by atoms with Gasteiger partial charge in [-0.2, -0.15) is 10.1 Å². The molecule has 2 rings (SSSR count). The van der Waals surface area contributed by atoms with E-state index in [2.05, 4.69) is 30.5 Å². The third-order valence-corrected chi connectivity index (χ3v) is 1.95. The van der Waals surface area contributed by atoms with Crippen molar-refractivity contribution in [3.05, 3.63) is 24.4 Å². The molecule has 84 valence electrons. The molecule has 0 radical (unpaired) electrons. The summed E-state index contributed by atoms with van der Waals surface area (Å²) < 4.78 is 4.99. The van der Waals surface area contributed by atoms with Crippen molar-refractivity contribution in [3.8, 4) is 5.88 Å². The minimum Gasteiger partial charge on any atom is -0.481 e. The van der Waals surface area contributed by atoms with Gasteiger partial charge in [0, 0.05) is 25.2 Å². The predicted octanol–water partition coefficient (Wildman–Crippen LogP) is 0.258. The zero-order valence-electron chi connectivity index (χ0n) is 8.84.